The van der Waals surface area contributed by atoms with E-state index >= 15 is 0 Å². The summed E-state index contributed by atoms with van der Waals surface area (Å²) in [5, 5.41) is 20.4. The Hall–Kier alpha value is -5.23. The predicted molar refractivity (Wildman–Crippen MR) is 151 cm³/mol. The van der Waals surface area contributed by atoms with Gasteiger partial charge >= 0.3 is 24.3 Å². The average Bonchev–Trinajstić information content (AvgIpc) is 3.35. The molecular formula is C27H23F6N5O6S. The van der Waals surface area contributed by atoms with E-state index in [1.54, 1.807) is 42.5 Å². The van der Waals surface area contributed by atoms with Gasteiger partial charge in [0, 0.05) is 17.8 Å². The number of alkyl halides is 6. The summed E-state index contributed by atoms with van der Waals surface area (Å²) in [6.45, 7) is 0.328. The number of carboxylic acids is 2. The summed E-state index contributed by atoms with van der Waals surface area (Å²) in [5.74, 6) is -6.23. The molecule has 8 N–H and O–H groups in total. The molecule has 0 fully saturated rings. The van der Waals surface area contributed by atoms with Gasteiger partial charge in [-0.2, -0.15) is 26.3 Å². The number of amides is 2. The largest absolute Gasteiger partial charge is 0.490 e. The smallest absolute Gasteiger partial charge is 0.475 e. The van der Waals surface area contributed by atoms with E-state index < -0.39 is 30.3 Å². The molecule has 240 valence electrons. The quantitative estimate of drug-likeness (QED) is 0.159. The molecule has 0 aliphatic carbocycles. The van der Waals surface area contributed by atoms with E-state index in [9.17, 15) is 35.9 Å². The van der Waals surface area contributed by atoms with Crippen LogP contribution in [0.5, 0.6) is 0 Å². The Labute approximate surface area is 253 Å². The van der Waals surface area contributed by atoms with Crippen molar-refractivity contribution in [2.75, 3.05) is 11.1 Å². The number of carbonyl (C=O) groups excluding carboxylic acids is 2. The van der Waals surface area contributed by atoms with Crippen LogP contribution in [0.1, 0.15) is 27.5 Å². The van der Waals surface area contributed by atoms with E-state index in [1.165, 1.54) is 11.3 Å². The molecule has 0 aliphatic rings. The molecule has 0 spiro atoms. The van der Waals surface area contributed by atoms with Crippen molar-refractivity contribution in [2.45, 2.75) is 24.9 Å². The van der Waals surface area contributed by atoms with Crippen molar-refractivity contribution in [3.63, 3.8) is 0 Å². The summed E-state index contributed by atoms with van der Waals surface area (Å²) < 4.78 is 64.3. The number of nitrogens with two attached hydrogens (primary N) is 2. The van der Waals surface area contributed by atoms with Crippen LogP contribution in [0.25, 0.3) is 10.2 Å². The molecule has 4 rings (SSSR count). The van der Waals surface area contributed by atoms with E-state index in [-0.39, 0.29) is 11.8 Å². The predicted octanol–water partition coefficient (Wildman–Crippen LogP) is 4.71. The summed E-state index contributed by atoms with van der Waals surface area (Å²) in [7, 11) is 0. The zero-order chi connectivity index (χ0) is 33.9. The highest BCUT2D eigenvalue weighted by Crippen LogP contribution is 2.27. The van der Waals surface area contributed by atoms with E-state index in [0.717, 1.165) is 15.8 Å². The van der Waals surface area contributed by atoms with Gasteiger partial charge in [0.15, 0.2) is 5.13 Å². The Morgan fingerprint density at radius 1 is 0.844 bits per heavy atom. The molecule has 18 heteroatoms. The zero-order valence-electron chi connectivity index (χ0n) is 22.5. The Kier molecular flexibility index (Phi) is 12.4. The number of thiazole rings is 1. The van der Waals surface area contributed by atoms with Crippen molar-refractivity contribution < 1.29 is 55.7 Å². The van der Waals surface area contributed by atoms with Crippen molar-refractivity contribution >= 4 is 56.1 Å². The lowest BCUT2D eigenvalue weighted by Gasteiger charge is -2.19. The van der Waals surface area contributed by atoms with Gasteiger partial charge in [-0.1, -0.05) is 53.8 Å². The highest BCUT2D eigenvalue weighted by atomic mass is 32.1. The number of halogens is 6. The van der Waals surface area contributed by atoms with Crippen LogP contribution in [-0.2, 0) is 20.9 Å². The minimum atomic E-state index is -5.08. The van der Waals surface area contributed by atoms with Crippen molar-refractivity contribution in [3.8, 4) is 0 Å². The first-order valence-electron chi connectivity index (χ1n) is 12.1. The molecule has 11 nitrogen and oxygen atoms in total. The van der Waals surface area contributed by atoms with E-state index in [2.05, 4.69) is 15.6 Å². The molecule has 1 atom stereocenters. The highest BCUT2D eigenvalue weighted by molar-refractivity contribution is 7.22. The minimum absolute atomic E-state index is 0.328. The van der Waals surface area contributed by atoms with Crippen LogP contribution in [0.4, 0.5) is 37.2 Å². The SMILES string of the molecule is NCc1cccc(C(=O)NC(C(=O)Nc2ccc3nc(N)sc3c2)c2ccccc2)c1.O=C(O)C(F)(F)F.O=C(O)C(F)(F)F. The average molecular weight is 660 g/mol. The van der Waals surface area contributed by atoms with E-state index in [0.29, 0.717) is 28.5 Å². The molecular weight excluding hydrogens is 636 g/mol. The number of aliphatic carboxylic acids is 2. The van der Waals surface area contributed by atoms with E-state index in [1.807, 2.05) is 30.3 Å². The molecule has 0 saturated carbocycles. The number of carboxylic acid groups (broad SMARTS) is 2. The molecule has 1 aromatic heterocycles. The second-order valence-corrected chi connectivity index (χ2v) is 9.61. The monoisotopic (exact) mass is 659 g/mol. The first kappa shape index (κ1) is 36.0. The maximum Gasteiger partial charge on any atom is 0.490 e. The lowest BCUT2D eigenvalue weighted by molar-refractivity contribution is -0.193. The number of hydrogen-bond donors (Lipinski definition) is 6. The maximum atomic E-state index is 13.2. The maximum absolute atomic E-state index is 13.2. The molecule has 1 heterocycles. The van der Waals surface area contributed by atoms with Gasteiger partial charge in [-0.15, -0.1) is 0 Å². The third-order valence-corrected chi connectivity index (χ3v) is 6.10. The number of carbonyl (C=O) groups is 4. The van der Waals surface area contributed by atoms with Gasteiger partial charge in [-0.05, 0) is 41.5 Å². The van der Waals surface area contributed by atoms with Gasteiger partial charge in [0.05, 0.1) is 10.2 Å². The number of anilines is 2. The van der Waals surface area contributed by atoms with Crippen molar-refractivity contribution in [1.82, 2.24) is 10.3 Å². The van der Waals surface area contributed by atoms with Crippen LogP contribution < -0.4 is 22.1 Å². The van der Waals surface area contributed by atoms with Crippen molar-refractivity contribution in [2.24, 2.45) is 5.73 Å². The first-order chi connectivity index (χ1) is 20.9. The molecule has 1 unspecified atom stereocenters. The standard InChI is InChI=1S/C23H21N5O2S.2C2HF3O2/c24-13-14-5-4-8-16(11-14)21(29)28-20(15-6-2-1-3-7-15)22(30)26-17-9-10-18-19(12-17)31-23(25)27-18;2*3-2(4,5)1(6)7/h1-12,20H,13,24H2,(H2,25,27)(H,26,30)(H,28,29);2*(H,6,7). The Bertz CT molecular complexity index is 1620. The topological polar surface area (TPSA) is 198 Å². The van der Waals surface area contributed by atoms with Gasteiger partial charge < -0.3 is 32.3 Å². The number of nitrogen functional groups attached to an aromatic ring is 1. The van der Waals surface area contributed by atoms with Crippen LogP contribution in [0.2, 0.25) is 0 Å². The summed E-state index contributed by atoms with van der Waals surface area (Å²) >= 11 is 1.34. The Morgan fingerprint density at radius 2 is 1.42 bits per heavy atom. The number of aromatic nitrogens is 1. The lowest BCUT2D eigenvalue weighted by atomic mass is 10.0. The van der Waals surface area contributed by atoms with Crippen LogP contribution in [-0.4, -0.2) is 51.3 Å². The number of benzene rings is 3. The van der Waals surface area contributed by atoms with Crippen molar-refractivity contribution in [3.05, 3.63) is 89.5 Å². The van der Waals surface area contributed by atoms with Gasteiger partial charge in [-0.3, -0.25) is 9.59 Å². The third-order valence-electron chi connectivity index (χ3n) is 5.25. The van der Waals surface area contributed by atoms with Crippen molar-refractivity contribution in [1.29, 1.82) is 0 Å². The third kappa shape index (κ3) is 11.4. The highest BCUT2D eigenvalue weighted by Gasteiger charge is 2.38. The summed E-state index contributed by atoms with van der Waals surface area (Å²) in [4.78, 5) is 48.1. The Balaban J connectivity index is 0.000000421. The van der Waals surface area contributed by atoms with Crippen LogP contribution >= 0.6 is 11.3 Å². The second kappa shape index (κ2) is 15.5. The first-order valence-corrected chi connectivity index (χ1v) is 13.0. The molecule has 45 heavy (non-hydrogen) atoms. The molecule has 0 bridgehead atoms. The summed E-state index contributed by atoms with van der Waals surface area (Å²) in [5.41, 5.74) is 14.8. The Morgan fingerprint density at radius 3 is 1.96 bits per heavy atom. The number of nitrogens with zero attached hydrogens (tertiary/aromatic N) is 1. The van der Waals surface area contributed by atoms with Crippen LogP contribution in [0.3, 0.4) is 0 Å². The molecule has 4 aromatic rings. The van der Waals surface area contributed by atoms with Gasteiger partial charge in [0.2, 0.25) is 0 Å². The normalized spacial score (nSPS) is 11.6. The number of fused-ring (bicyclic) bond motifs is 1. The molecule has 0 saturated heterocycles. The number of nitrogens with one attached hydrogen (secondary N) is 2. The fourth-order valence-electron chi connectivity index (χ4n) is 3.23. The molecule has 2 amide bonds. The molecule has 3 aromatic carbocycles. The van der Waals surface area contributed by atoms with Gasteiger partial charge in [0.25, 0.3) is 11.8 Å². The van der Waals surface area contributed by atoms with Gasteiger partial charge in [0.1, 0.15) is 6.04 Å². The lowest BCUT2D eigenvalue weighted by Crippen LogP contribution is -2.37. The number of hydrogen-bond acceptors (Lipinski definition) is 8. The fraction of sp³-hybridized carbons (Fsp3) is 0.148. The van der Waals surface area contributed by atoms with Crippen LogP contribution in [0, 0.1) is 0 Å². The molecule has 0 aliphatic heterocycles. The van der Waals surface area contributed by atoms with Crippen LogP contribution in [0.15, 0.2) is 72.8 Å². The minimum Gasteiger partial charge on any atom is -0.475 e. The zero-order valence-corrected chi connectivity index (χ0v) is 23.3. The van der Waals surface area contributed by atoms with Gasteiger partial charge in [-0.25, -0.2) is 14.6 Å². The second-order valence-electron chi connectivity index (χ2n) is 8.55. The summed E-state index contributed by atoms with van der Waals surface area (Å²) in [6, 6.07) is 20.6. The molecule has 0 radical (unpaired) electrons. The number of rotatable bonds is 6. The fourth-order valence-corrected chi connectivity index (χ4v) is 4.01. The summed E-state index contributed by atoms with van der Waals surface area (Å²) in [6.07, 6.45) is -10.2. The van der Waals surface area contributed by atoms with E-state index in [4.69, 9.17) is 31.3 Å².